The molecule has 3 N–H and O–H groups in total. The Bertz CT molecular complexity index is 1680. The van der Waals surface area contributed by atoms with Gasteiger partial charge in [0.2, 0.25) is 11.6 Å². The molecule has 2 aliphatic carbocycles. The summed E-state index contributed by atoms with van der Waals surface area (Å²) in [5.41, 5.74) is -1.86. The maximum atomic E-state index is 14.6. The van der Waals surface area contributed by atoms with E-state index in [2.05, 4.69) is 15.9 Å². The molecular weight excluding hydrogens is 639 g/mol. The lowest BCUT2D eigenvalue weighted by atomic mass is 9.52. The van der Waals surface area contributed by atoms with Gasteiger partial charge in [0.05, 0.1) is 36.4 Å². The second-order valence-corrected chi connectivity index (χ2v) is 12.3. The second kappa shape index (κ2) is 9.80. The zero-order valence-electron chi connectivity index (χ0n) is 23.0. The van der Waals surface area contributed by atoms with Crippen molar-refractivity contribution in [2.24, 2.45) is 5.92 Å². The molecule has 0 saturated carbocycles. The Kier molecular flexibility index (Phi) is 7.05. The number of fused-ring (bicyclic) bond motifs is 3. The maximum absolute atomic E-state index is 14.6. The Morgan fingerprint density at radius 1 is 0.878 bits per heavy atom. The van der Waals surface area contributed by atoms with E-state index in [1.54, 1.807) is 32.0 Å². The van der Waals surface area contributed by atoms with Crippen LogP contribution in [-0.4, -0.2) is 53.8 Å². The molecule has 3 aromatic carbocycles. The van der Waals surface area contributed by atoms with Gasteiger partial charge < -0.3 is 29.5 Å². The lowest BCUT2D eigenvalue weighted by molar-refractivity contribution is -0.0204. The van der Waals surface area contributed by atoms with Crippen LogP contribution in [0.2, 0.25) is 10.0 Å². The Morgan fingerprint density at radius 3 is 2.07 bits per heavy atom. The number of benzene rings is 3. The van der Waals surface area contributed by atoms with E-state index >= 15 is 0 Å². The highest BCUT2D eigenvalue weighted by Gasteiger charge is 2.64. The number of ketones is 2. The fourth-order valence-corrected chi connectivity index (χ4v) is 7.94. The summed E-state index contributed by atoms with van der Waals surface area (Å²) >= 11 is 16.3. The fraction of sp³-hybridized carbons (Fsp3) is 0.333. The molecule has 0 spiro atoms. The summed E-state index contributed by atoms with van der Waals surface area (Å²) in [5, 5.41) is 33.4. The number of carbonyl (C=O) groups excluding carboxylic acids is 2. The maximum Gasteiger partial charge on any atom is 0.206 e. The van der Waals surface area contributed by atoms with E-state index in [0.717, 1.165) is 0 Å². The highest BCUT2D eigenvalue weighted by molar-refractivity contribution is 9.10. The van der Waals surface area contributed by atoms with Crippen LogP contribution < -0.4 is 14.2 Å². The number of hydrogen-bond acceptors (Lipinski definition) is 8. The molecule has 5 rings (SSSR count). The smallest absolute Gasteiger partial charge is 0.206 e. The number of rotatable bonds is 4. The summed E-state index contributed by atoms with van der Waals surface area (Å²) in [6, 6.07) is 5.01. The first-order chi connectivity index (χ1) is 19.2. The lowest BCUT2D eigenvalue weighted by Crippen LogP contribution is -2.64. The molecule has 0 radical (unpaired) electrons. The second-order valence-electron chi connectivity index (χ2n) is 10.8. The quantitative estimate of drug-likeness (QED) is 0.273. The number of aliphatic hydroxyl groups is 1. The number of methoxy groups -OCH3 is 3. The third kappa shape index (κ3) is 3.82. The van der Waals surface area contributed by atoms with Crippen LogP contribution in [0, 0.1) is 12.8 Å². The Morgan fingerprint density at radius 2 is 1.49 bits per heavy atom. The van der Waals surface area contributed by atoms with Crippen LogP contribution in [0.15, 0.2) is 22.7 Å². The van der Waals surface area contributed by atoms with E-state index in [1.165, 1.54) is 21.3 Å². The molecule has 2 atom stereocenters. The Labute approximate surface area is 254 Å². The summed E-state index contributed by atoms with van der Waals surface area (Å²) in [6.07, 6.45) is -0.00705. The van der Waals surface area contributed by atoms with Gasteiger partial charge in [-0.05, 0) is 63.5 Å². The number of aromatic hydroxyl groups is 2. The first-order valence-electron chi connectivity index (χ1n) is 12.6. The molecule has 0 saturated heterocycles. The van der Waals surface area contributed by atoms with Crippen LogP contribution in [0.1, 0.15) is 51.3 Å². The number of ether oxygens (including phenoxy) is 3. The standard InChI is InChI=1S/C30H27BrCl2O8/c1-11-7-12(39-4)8-15(40-5)18(11)13-9-16(41-6)23(32)14-10-17-29(2,3)21-20(25(34)24(33)26(35)22(21)31)28(37)30(17,38)27(36)19(13)14/h7-9,17,34-35,38H,10H2,1-6H3/t17-,30-/m1/s1. The SMILES string of the molecule is COc1cc(C)c(-c2cc(OC)c(Cl)c3c2C(=O)[C@@]2(O)C(=O)c4c(O)c(Cl)c(O)c(Br)c4C(C)(C)[C@H]2C3)c(OC)c1. The van der Waals surface area contributed by atoms with Gasteiger partial charge in [0.1, 0.15) is 28.0 Å². The normalized spacial score (nSPS) is 20.7. The highest BCUT2D eigenvalue weighted by Crippen LogP contribution is 2.60. The summed E-state index contributed by atoms with van der Waals surface area (Å²) in [7, 11) is 4.45. The summed E-state index contributed by atoms with van der Waals surface area (Å²) in [4.78, 5) is 28.8. The zero-order valence-corrected chi connectivity index (χ0v) is 26.1. The molecule has 0 unspecified atom stereocenters. The summed E-state index contributed by atoms with van der Waals surface area (Å²) in [6.45, 7) is 5.25. The van der Waals surface area contributed by atoms with Gasteiger partial charge >= 0.3 is 0 Å². The molecule has 11 heteroatoms. The number of aryl methyl sites for hydroxylation is 1. The van der Waals surface area contributed by atoms with Gasteiger partial charge in [0, 0.05) is 28.7 Å². The molecule has 0 aliphatic heterocycles. The molecule has 0 aromatic heterocycles. The monoisotopic (exact) mass is 664 g/mol. The number of Topliss-reactive ketones (excluding diaryl/α,β-unsaturated/α-hetero) is 2. The molecule has 41 heavy (non-hydrogen) atoms. The van der Waals surface area contributed by atoms with Crippen molar-refractivity contribution in [1.29, 1.82) is 0 Å². The molecule has 2 aliphatic rings. The van der Waals surface area contributed by atoms with E-state index in [0.29, 0.717) is 39.5 Å². The third-order valence-corrected chi connectivity index (χ3v) is 9.99. The first-order valence-corrected chi connectivity index (χ1v) is 14.1. The molecular formula is C30H27BrCl2O8. The predicted molar refractivity (Wildman–Crippen MR) is 158 cm³/mol. The van der Waals surface area contributed by atoms with Gasteiger partial charge in [0.25, 0.3) is 0 Å². The predicted octanol–water partition coefficient (Wildman–Crippen LogP) is 6.43. The third-order valence-electron chi connectivity index (χ3n) is 8.45. The van der Waals surface area contributed by atoms with Gasteiger partial charge in [-0.15, -0.1) is 0 Å². The van der Waals surface area contributed by atoms with Gasteiger partial charge in [-0.3, -0.25) is 9.59 Å². The number of carbonyl (C=O) groups is 2. The van der Waals surface area contributed by atoms with Gasteiger partial charge in [-0.1, -0.05) is 37.0 Å². The largest absolute Gasteiger partial charge is 0.505 e. The molecule has 0 fully saturated rings. The lowest BCUT2D eigenvalue weighted by Gasteiger charge is -2.51. The van der Waals surface area contributed by atoms with Crippen molar-refractivity contribution in [3.05, 3.63) is 60.5 Å². The molecule has 0 amide bonds. The van der Waals surface area contributed by atoms with Gasteiger partial charge in [0.15, 0.2) is 11.4 Å². The molecule has 216 valence electrons. The van der Waals surface area contributed by atoms with Crippen LogP contribution in [0.5, 0.6) is 28.7 Å². The minimum Gasteiger partial charge on any atom is -0.505 e. The molecule has 8 nitrogen and oxygen atoms in total. The zero-order chi connectivity index (χ0) is 30.3. The number of halogens is 3. The molecule has 0 bridgehead atoms. The summed E-state index contributed by atoms with van der Waals surface area (Å²) in [5.74, 6) is -2.91. The fourth-order valence-electron chi connectivity index (χ4n) is 6.43. The minimum absolute atomic E-state index is 0.00705. The average Bonchev–Trinajstić information content (AvgIpc) is 2.94. The van der Waals surface area contributed by atoms with Crippen molar-refractivity contribution in [1.82, 2.24) is 0 Å². The van der Waals surface area contributed by atoms with Crippen molar-refractivity contribution in [3.63, 3.8) is 0 Å². The van der Waals surface area contributed by atoms with Crippen LogP contribution >= 0.6 is 39.1 Å². The Balaban J connectivity index is 1.88. The average molecular weight is 666 g/mol. The Hall–Kier alpha value is -2.98. The van der Waals surface area contributed by atoms with E-state index in [1.807, 2.05) is 6.92 Å². The number of phenolic OH excluding ortho intramolecular Hbond substituents is 2. The number of hydrogen-bond donors (Lipinski definition) is 3. The highest BCUT2D eigenvalue weighted by atomic mass is 79.9. The van der Waals surface area contributed by atoms with E-state index < -0.39 is 45.0 Å². The van der Waals surface area contributed by atoms with E-state index in [-0.39, 0.29) is 32.6 Å². The van der Waals surface area contributed by atoms with Crippen molar-refractivity contribution < 1.29 is 39.1 Å². The van der Waals surface area contributed by atoms with Crippen molar-refractivity contribution >= 4 is 50.7 Å². The van der Waals surface area contributed by atoms with Crippen LogP contribution in [0.3, 0.4) is 0 Å². The number of phenols is 2. The van der Waals surface area contributed by atoms with Crippen LogP contribution in [0.4, 0.5) is 0 Å². The summed E-state index contributed by atoms with van der Waals surface area (Å²) < 4.78 is 16.7. The topological polar surface area (TPSA) is 123 Å². The van der Waals surface area contributed by atoms with Crippen molar-refractivity contribution in [2.45, 2.75) is 38.2 Å². The van der Waals surface area contributed by atoms with E-state index in [4.69, 9.17) is 37.4 Å². The molecule has 0 heterocycles. The first kappa shape index (κ1) is 29.5. The van der Waals surface area contributed by atoms with Crippen molar-refractivity contribution in [2.75, 3.05) is 21.3 Å². The van der Waals surface area contributed by atoms with Gasteiger partial charge in [-0.25, -0.2) is 0 Å². The van der Waals surface area contributed by atoms with Crippen LogP contribution in [-0.2, 0) is 11.8 Å². The van der Waals surface area contributed by atoms with Gasteiger partial charge in [-0.2, -0.15) is 0 Å². The minimum atomic E-state index is -2.60. The van der Waals surface area contributed by atoms with Crippen molar-refractivity contribution in [3.8, 4) is 39.9 Å². The van der Waals surface area contributed by atoms with E-state index in [9.17, 15) is 24.9 Å². The molecule has 3 aromatic rings. The van der Waals surface area contributed by atoms with Crippen LogP contribution in [0.25, 0.3) is 11.1 Å².